The Morgan fingerprint density at radius 2 is 2.00 bits per heavy atom. The van der Waals surface area contributed by atoms with E-state index in [0.717, 1.165) is 0 Å². The highest BCUT2D eigenvalue weighted by Gasteiger charge is 2.16. The molecule has 0 aromatic heterocycles. The Hall–Kier alpha value is -1.10. The summed E-state index contributed by atoms with van der Waals surface area (Å²) in [4.78, 5) is 22.0. The van der Waals surface area contributed by atoms with Crippen LogP contribution in [-0.4, -0.2) is 31.6 Å². The highest BCUT2D eigenvalue weighted by molar-refractivity contribution is 5.85. The molecule has 0 heterocycles. The van der Waals surface area contributed by atoms with Gasteiger partial charge in [0.2, 0.25) is 0 Å². The van der Waals surface area contributed by atoms with Crippen LogP contribution < -0.4 is 11.1 Å². The van der Waals surface area contributed by atoms with E-state index >= 15 is 0 Å². The number of ether oxygens (including phenoxy) is 1. The van der Waals surface area contributed by atoms with Crippen LogP contribution in [0.15, 0.2) is 0 Å². The summed E-state index contributed by atoms with van der Waals surface area (Å²) in [5.74, 6) is -0.0557. The van der Waals surface area contributed by atoms with Gasteiger partial charge in [-0.2, -0.15) is 0 Å². The van der Waals surface area contributed by atoms with E-state index in [9.17, 15) is 9.59 Å². The van der Waals surface area contributed by atoms with Gasteiger partial charge in [0.15, 0.2) is 5.78 Å². The quantitative estimate of drug-likeness (QED) is 0.671. The van der Waals surface area contributed by atoms with Crippen molar-refractivity contribution < 1.29 is 14.3 Å². The molecule has 1 unspecified atom stereocenters. The Balaban J connectivity index is 3.69. The number of nitrogens with two attached hydrogens (primary N) is 1. The minimum atomic E-state index is -0.507. The SMILES string of the molecule is COC(=O)NCCC(N)C(=O)C(C)C. The largest absolute Gasteiger partial charge is 0.453 e. The topological polar surface area (TPSA) is 81.4 Å². The molecule has 0 radical (unpaired) electrons. The summed E-state index contributed by atoms with van der Waals surface area (Å²) in [6.45, 7) is 3.96. The van der Waals surface area contributed by atoms with Crippen LogP contribution in [0, 0.1) is 5.92 Å². The van der Waals surface area contributed by atoms with Crippen LogP contribution in [0.1, 0.15) is 20.3 Å². The molecule has 0 aliphatic heterocycles. The summed E-state index contributed by atoms with van der Waals surface area (Å²) in [5, 5.41) is 2.46. The third-order valence-corrected chi connectivity index (χ3v) is 1.84. The number of carbonyl (C=O) groups is 2. The van der Waals surface area contributed by atoms with Crippen molar-refractivity contribution in [1.82, 2.24) is 5.32 Å². The maximum atomic E-state index is 11.3. The Bertz CT molecular complexity index is 204. The molecule has 0 saturated carbocycles. The summed E-state index contributed by atoms with van der Waals surface area (Å²) in [5.41, 5.74) is 5.60. The number of amides is 1. The van der Waals surface area contributed by atoms with Crippen LogP contribution in [0.4, 0.5) is 4.79 Å². The third-order valence-electron chi connectivity index (χ3n) is 1.84. The third kappa shape index (κ3) is 4.81. The molecular weight excluding hydrogens is 184 g/mol. The number of carbonyl (C=O) groups excluding carboxylic acids is 2. The van der Waals surface area contributed by atoms with E-state index in [1.165, 1.54) is 7.11 Å². The molecule has 14 heavy (non-hydrogen) atoms. The predicted molar refractivity (Wildman–Crippen MR) is 52.8 cm³/mol. The normalized spacial score (nSPS) is 12.4. The molecule has 0 saturated heterocycles. The van der Waals surface area contributed by atoms with E-state index in [4.69, 9.17) is 5.73 Å². The molecule has 0 aromatic rings. The van der Waals surface area contributed by atoms with Crippen molar-refractivity contribution in [3.63, 3.8) is 0 Å². The van der Waals surface area contributed by atoms with Gasteiger partial charge < -0.3 is 15.8 Å². The molecular formula is C9H18N2O3. The second kappa shape index (κ2) is 6.37. The van der Waals surface area contributed by atoms with E-state index in [0.29, 0.717) is 13.0 Å². The summed E-state index contributed by atoms with van der Waals surface area (Å²) >= 11 is 0. The molecule has 1 atom stereocenters. The fraction of sp³-hybridized carbons (Fsp3) is 0.778. The number of alkyl carbamates (subject to hydrolysis) is 1. The van der Waals surface area contributed by atoms with Crippen LogP contribution in [-0.2, 0) is 9.53 Å². The average molecular weight is 202 g/mol. The Kier molecular flexibility index (Phi) is 5.87. The standard InChI is InChI=1S/C9H18N2O3/c1-6(2)8(12)7(10)4-5-11-9(13)14-3/h6-7H,4-5,10H2,1-3H3,(H,11,13). The molecule has 0 spiro atoms. The van der Waals surface area contributed by atoms with E-state index in [-0.39, 0.29) is 11.7 Å². The summed E-state index contributed by atoms with van der Waals surface area (Å²) in [6, 6.07) is -0.507. The Morgan fingerprint density at radius 3 is 2.43 bits per heavy atom. The monoisotopic (exact) mass is 202 g/mol. The zero-order valence-corrected chi connectivity index (χ0v) is 8.87. The number of nitrogens with one attached hydrogen (secondary N) is 1. The lowest BCUT2D eigenvalue weighted by atomic mass is 10.0. The van der Waals surface area contributed by atoms with Gasteiger partial charge in [0.25, 0.3) is 0 Å². The number of ketones is 1. The maximum absolute atomic E-state index is 11.3. The molecule has 1 amide bonds. The van der Waals surface area contributed by atoms with Crippen molar-refractivity contribution in [3.05, 3.63) is 0 Å². The zero-order valence-electron chi connectivity index (χ0n) is 8.87. The Labute approximate surface area is 84.0 Å². The summed E-state index contributed by atoms with van der Waals surface area (Å²) in [7, 11) is 1.29. The maximum Gasteiger partial charge on any atom is 0.406 e. The Morgan fingerprint density at radius 1 is 1.43 bits per heavy atom. The van der Waals surface area contributed by atoms with E-state index < -0.39 is 12.1 Å². The molecule has 5 nitrogen and oxygen atoms in total. The van der Waals surface area contributed by atoms with Gasteiger partial charge in [-0.25, -0.2) is 4.79 Å². The highest BCUT2D eigenvalue weighted by Crippen LogP contribution is 2.00. The lowest BCUT2D eigenvalue weighted by molar-refractivity contribution is -0.123. The van der Waals surface area contributed by atoms with Gasteiger partial charge in [-0.05, 0) is 6.42 Å². The molecule has 5 heteroatoms. The van der Waals surface area contributed by atoms with E-state index in [1.807, 2.05) is 0 Å². The van der Waals surface area contributed by atoms with Crippen molar-refractivity contribution in [2.75, 3.05) is 13.7 Å². The van der Waals surface area contributed by atoms with Gasteiger partial charge in [-0.1, -0.05) is 13.8 Å². The van der Waals surface area contributed by atoms with Crippen molar-refractivity contribution in [2.45, 2.75) is 26.3 Å². The fourth-order valence-electron chi connectivity index (χ4n) is 0.972. The van der Waals surface area contributed by atoms with Crippen molar-refractivity contribution in [1.29, 1.82) is 0 Å². The minimum absolute atomic E-state index is 0.0108. The fourth-order valence-corrected chi connectivity index (χ4v) is 0.972. The van der Waals surface area contributed by atoms with Gasteiger partial charge >= 0.3 is 6.09 Å². The van der Waals surface area contributed by atoms with Crippen LogP contribution in [0.2, 0.25) is 0 Å². The van der Waals surface area contributed by atoms with Crippen LogP contribution in [0.5, 0.6) is 0 Å². The molecule has 0 aliphatic rings. The first kappa shape index (κ1) is 12.9. The van der Waals surface area contributed by atoms with Crippen LogP contribution in [0.3, 0.4) is 0 Å². The minimum Gasteiger partial charge on any atom is -0.453 e. The van der Waals surface area contributed by atoms with Gasteiger partial charge in [0.1, 0.15) is 0 Å². The molecule has 0 aliphatic carbocycles. The number of methoxy groups -OCH3 is 1. The molecule has 0 aromatic carbocycles. The number of hydrogen-bond donors (Lipinski definition) is 2. The first-order valence-electron chi connectivity index (χ1n) is 4.60. The summed E-state index contributed by atoms with van der Waals surface area (Å²) < 4.78 is 4.36. The molecule has 0 bridgehead atoms. The van der Waals surface area contributed by atoms with Crippen molar-refractivity contribution >= 4 is 11.9 Å². The van der Waals surface area contributed by atoms with Crippen LogP contribution in [0.25, 0.3) is 0 Å². The van der Waals surface area contributed by atoms with Crippen molar-refractivity contribution in [3.8, 4) is 0 Å². The second-order valence-electron chi connectivity index (χ2n) is 3.37. The lowest BCUT2D eigenvalue weighted by Crippen LogP contribution is -2.37. The first-order chi connectivity index (χ1) is 6.49. The first-order valence-corrected chi connectivity index (χ1v) is 4.60. The second-order valence-corrected chi connectivity index (χ2v) is 3.37. The molecule has 0 rings (SSSR count). The van der Waals surface area contributed by atoms with E-state index in [1.54, 1.807) is 13.8 Å². The number of hydrogen-bond acceptors (Lipinski definition) is 4. The van der Waals surface area contributed by atoms with Gasteiger partial charge in [0.05, 0.1) is 13.2 Å². The lowest BCUT2D eigenvalue weighted by Gasteiger charge is -2.12. The number of Topliss-reactive ketones (excluding diaryl/α,β-unsaturated/α-hetero) is 1. The average Bonchev–Trinajstić information content (AvgIpc) is 2.15. The molecule has 82 valence electrons. The van der Waals surface area contributed by atoms with E-state index in [2.05, 4.69) is 10.1 Å². The summed E-state index contributed by atoms with van der Waals surface area (Å²) in [6.07, 6.45) is -0.0688. The smallest absolute Gasteiger partial charge is 0.406 e. The van der Waals surface area contributed by atoms with Gasteiger partial charge in [-0.15, -0.1) is 0 Å². The highest BCUT2D eigenvalue weighted by atomic mass is 16.5. The molecule has 0 fully saturated rings. The van der Waals surface area contributed by atoms with Crippen LogP contribution >= 0.6 is 0 Å². The predicted octanol–water partition coefficient (Wildman–Crippen LogP) is 0.285. The van der Waals surface area contributed by atoms with Gasteiger partial charge in [-0.3, -0.25) is 4.79 Å². The van der Waals surface area contributed by atoms with Crippen molar-refractivity contribution in [2.24, 2.45) is 11.7 Å². The van der Waals surface area contributed by atoms with Gasteiger partial charge in [0, 0.05) is 12.5 Å². The number of rotatable bonds is 5. The molecule has 3 N–H and O–H groups in total. The zero-order chi connectivity index (χ0) is 11.1.